The molecule has 0 radical (unpaired) electrons. The second kappa shape index (κ2) is 7.45. The lowest BCUT2D eigenvalue weighted by Gasteiger charge is -2.26. The molecular weight excluding hydrogens is 258 g/mol. The van der Waals surface area contributed by atoms with Crippen LogP contribution in [0.5, 0.6) is 0 Å². The lowest BCUT2D eigenvalue weighted by atomic mass is 10.1. The van der Waals surface area contributed by atoms with Crippen LogP contribution in [0.25, 0.3) is 6.08 Å². The van der Waals surface area contributed by atoms with Gasteiger partial charge in [-0.05, 0) is 37.6 Å². The maximum absolute atomic E-state index is 12.3. The zero-order valence-corrected chi connectivity index (χ0v) is 11.6. The van der Waals surface area contributed by atoms with Crippen molar-refractivity contribution in [2.75, 3.05) is 13.2 Å². The standard InChI is InChI=1S/C15H19NO4/c1-11(2)16(9-10-17)15(20)13-6-3-12(4-7-13)5-8-14(18)19/h3-8,11,17H,9-10H2,1-2H3,(H,18,19). The van der Waals surface area contributed by atoms with Crippen molar-refractivity contribution in [2.45, 2.75) is 19.9 Å². The molecule has 0 atom stereocenters. The van der Waals surface area contributed by atoms with Crippen LogP contribution in [0.1, 0.15) is 29.8 Å². The molecule has 1 aromatic carbocycles. The highest BCUT2D eigenvalue weighted by molar-refractivity contribution is 5.94. The van der Waals surface area contributed by atoms with Gasteiger partial charge in [0, 0.05) is 24.2 Å². The molecule has 5 heteroatoms. The quantitative estimate of drug-likeness (QED) is 0.775. The van der Waals surface area contributed by atoms with Gasteiger partial charge in [-0.25, -0.2) is 4.79 Å². The van der Waals surface area contributed by atoms with E-state index < -0.39 is 5.97 Å². The van der Waals surface area contributed by atoms with Crippen LogP contribution in [0.3, 0.4) is 0 Å². The van der Waals surface area contributed by atoms with Gasteiger partial charge >= 0.3 is 5.97 Å². The maximum Gasteiger partial charge on any atom is 0.328 e. The number of carbonyl (C=O) groups excluding carboxylic acids is 1. The van der Waals surface area contributed by atoms with Crippen LogP contribution in [-0.4, -0.2) is 46.2 Å². The van der Waals surface area contributed by atoms with E-state index in [2.05, 4.69) is 0 Å². The average molecular weight is 277 g/mol. The smallest absolute Gasteiger partial charge is 0.328 e. The summed E-state index contributed by atoms with van der Waals surface area (Å²) in [5.41, 5.74) is 1.22. The number of benzene rings is 1. The van der Waals surface area contributed by atoms with Crippen LogP contribution >= 0.6 is 0 Å². The second-order valence-corrected chi connectivity index (χ2v) is 4.61. The molecule has 1 amide bonds. The van der Waals surface area contributed by atoms with E-state index in [9.17, 15) is 9.59 Å². The number of nitrogens with zero attached hydrogens (tertiary/aromatic N) is 1. The van der Waals surface area contributed by atoms with Crippen molar-refractivity contribution in [3.05, 3.63) is 41.5 Å². The average Bonchev–Trinajstić information content (AvgIpc) is 2.42. The highest BCUT2D eigenvalue weighted by Crippen LogP contribution is 2.11. The fourth-order valence-corrected chi connectivity index (χ4v) is 1.77. The number of aliphatic hydroxyl groups is 1. The largest absolute Gasteiger partial charge is 0.478 e. The Morgan fingerprint density at radius 2 is 1.85 bits per heavy atom. The van der Waals surface area contributed by atoms with Gasteiger partial charge in [0.05, 0.1) is 6.61 Å². The van der Waals surface area contributed by atoms with Crippen molar-refractivity contribution in [3.8, 4) is 0 Å². The molecular formula is C15H19NO4. The Labute approximate surface area is 118 Å². The van der Waals surface area contributed by atoms with Crippen molar-refractivity contribution < 1.29 is 19.8 Å². The van der Waals surface area contributed by atoms with E-state index in [-0.39, 0.29) is 25.1 Å². The minimum atomic E-state index is -1.01. The predicted octanol–water partition coefficient (Wildman–Crippen LogP) is 1.63. The number of aliphatic carboxylic acids is 1. The molecule has 0 aliphatic rings. The zero-order chi connectivity index (χ0) is 15.1. The third kappa shape index (κ3) is 4.51. The number of amides is 1. The summed E-state index contributed by atoms with van der Waals surface area (Å²) in [5.74, 6) is -1.16. The molecule has 0 aliphatic carbocycles. The molecule has 0 heterocycles. The minimum absolute atomic E-state index is 0.00114. The van der Waals surface area contributed by atoms with E-state index in [0.717, 1.165) is 6.08 Å². The molecule has 2 N–H and O–H groups in total. The topological polar surface area (TPSA) is 77.8 Å². The zero-order valence-electron chi connectivity index (χ0n) is 11.6. The summed E-state index contributed by atoms with van der Waals surface area (Å²) < 4.78 is 0. The maximum atomic E-state index is 12.3. The Hall–Kier alpha value is -2.14. The van der Waals surface area contributed by atoms with Gasteiger partial charge in [0.25, 0.3) is 5.91 Å². The van der Waals surface area contributed by atoms with Crippen LogP contribution in [0, 0.1) is 0 Å². The minimum Gasteiger partial charge on any atom is -0.478 e. The third-order valence-electron chi connectivity index (χ3n) is 2.80. The summed E-state index contributed by atoms with van der Waals surface area (Å²) in [6.45, 7) is 3.98. The van der Waals surface area contributed by atoms with E-state index in [1.807, 2.05) is 13.8 Å². The predicted molar refractivity (Wildman–Crippen MR) is 76.4 cm³/mol. The second-order valence-electron chi connectivity index (χ2n) is 4.61. The number of hydrogen-bond donors (Lipinski definition) is 2. The normalized spacial score (nSPS) is 11.0. The van der Waals surface area contributed by atoms with Gasteiger partial charge in [-0.2, -0.15) is 0 Å². The highest BCUT2D eigenvalue weighted by atomic mass is 16.4. The fourth-order valence-electron chi connectivity index (χ4n) is 1.77. The number of carbonyl (C=O) groups is 2. The number of carboxylic acid groups (broad SMARTS) is 1. The van der Waals surface area contributed by atoms with Crippen LogP contribution in [0.15, 0.2) is 30.3 Å². The van der Waals surface area contributed by atoms with Gasteiger partial charge in [0.2, 0.25) is 0 Å². The first-order chi connectivity index (χ1) is 9.45. The van der Waals surface area contributed by atoms with Crippen LogP contribution in [0.4, 0.5) is 0 Å². The number of hydrogen-bond acceptors (Lipinski definition) is 3. The van der Waals surface area contributed by atoms with Gasteiger partial charge in [0.15, 0.2) is 0 Å². The van der Waals surface area contributed by atoms with Gasteiger partial charge < -0.3 is 15.1 Å². The summed E-state index contributed by atoms with van der Waals surface area (Å²) in [7, 11) is 0. The van der Waals surface area contributed by atoms with Crippen molar-refractivity contribution in [1.82, 2.24) is 4.90 Å². The van der Waals surface area contributed by atoms with Crippen molar-refractivity contribution in [2.24, 2.45) is 0 Å². The Balaban J connectivity index is 2.86. The van der Waals surface area contributed by atoms with E-state index in [0.29, 0.717) is 11.1 Å². The SMILES string of the molecule is CC(C)N(CCO)C(=O)c1ccc(C=CC(=O)O)cc1. The Kier molecular flexibility index (Phi) is 5.93. The van der Waals surface area contributed by atoms with Crippen LogP contribution in [0.2, 0.25) is 0 Å². The molecule has 5 nitrogen and oxygen atoms in total. The number of aliphatic hydroxyl groups excluding tert-OH is 1. The van der Waals surface area contributed by atoms with E-state index in [1.54, 1.807) is 29.2 Å². The van der Waals surface area contributed by atoms with E-state index >= 15 is 0 Å². The number of carboxylic acids is 1. The van der Waals surface area contributed by atoms with Crippen molar-refractivity contribution in [3.63, 3.8) is 0 Å². The number of rotatable bonds is 6. The fraction of sp³-hybridized carbons (Fsp3) is 0.333. The van der Waals surface area contributed by atoms with Crippen LogP contribution < -0.4 is 0 Å². The highest BCUT2D eigenvalue weighted by Gasteiger charge is 2.17. The summed E-state index contributed by atoms with van der Waals surface area (Å²) in [4.78, 5) is 24.3. The molecule has 0 aliphatic heterocycles. The van der Waals surface area contributed by atoms with Gasteiger partial charge in [-0.1, -0.05) is 12.1 Å². The molecule has 0 aromatic heterocycles. The van der Waals surface area contributed by atoms with Crippen LogP contribution in [-0.2, 0) is 4.79 Å². The molecule has 20 heavy (non-hydrogen) atoms. The lowest BCUT2D eigenvalue weighted by Crippen LogP contribution is -2.38. The van der Waals surface area contributed by atoms with Crippen molar-refractivity contribution in [1.29, 1.82) is 0 Å². The molecule has 0 saturated carbocycles. The molecule has 0 spiro atoms. The molecule has 1 rings (SSSR count). The Morgan fingerprint density at radius 3 is 2.30 bits per heavy atom. The van der Waals surface area contributed by atoms with Gasteiger partial charge in [0.1, 0.15) is 0 Å². The summed E-state index contributed by atoms with van der Waals surface area (Å²) in [6.07, 6.45) is 2.51. The first-order valence-corrected chi connectivity index (χ1v) is 6.38. The molecule has 0 bridgehead atoms. The van der Waals surface area contributed by atoms with Gasteiger partial charge in [-0.15, -0.1) is 0 Å². The molecule has 0 fully saturated rings. The monoisotopic (exact) mass is 277 g/mol. The first kappa shape index (κ1) is 15.9. The lowest BCUT2D eigenvalue weighted by molar-refractivity contribution is -0.131. The summed E-state index contributed by atoms with van der Waals surface area (Å²) in [5, 5.41) is 17.5. The summed E-state index contributed by atoms with van der Waals surface area (Å²) in [6, 6.07) is 6.67. The third-order valence-corrected chi connectivity index (χ3v) is 2.80. The Bertz CT molecular complexity index is 491. The van der Waals surface area contributed by atoms with Crippen molar-refractivity contribution >= 4 is 18.0 Å². The van der Waals surface area contributed by atoms with E-state index in [1.165, 1.54) is 6.08 Å². The summed E-state index contributed by atoms with van der Waals surface area (Å²) >= 11 is 0. The molecule has 1 aromatic rings. The Morgan fingerprint density at radius 1 is 1.25 bits per heavy atom. The molecule has 108 valence electrons. The molecule has 0 unspecified atom stereocenters. The first-order valence-electron chi connectivity index (χ1n) is 6.38. The van der Waals surface area contributed by atoms with E-state index in [4.69, 9.17) is 10.2 Å². The van der Waals surface area contributed by atoms with Gasteiger partial charge in [-0.3, -0.25) is 4.79 Å². The molecule has 0 saturated heterocycles.